The lowest BCUT2D eigenvalue weighted by atomic mass is 9.96. The number of carbonyl (C=O) groups excluding carboxylic acids is 4. The predicted molar refractivity (Wildman–Crippen MR) is 163 cm³/mol. The Hall–Kier alpha value is -4.21. The van der Waals surface area contributed by atoms with Crippen LogP contribution in [0.2, 0.25) is 0 Å². The van der Waals surface area contributed by atoms with Crippen molar-refractivity contribution in [2.24, 2.45) is 5.92 Å². The van der Waals surface area contributed by atoms with Crippen molar-refractivity contribution in [2.45, 2.75) is 96.8 Å². The van der Waals surface area contributed by atoms with E-state index in [1.807, 2.05) is 48.5 Å². The van der Waals surface area contributed by atoms with E-state index in [9.17, 15) is 29.1 Å². The second-order valence-electron chi connectivity index (χ2n) is 13.0. The van der Waals surface area contributed by atoms with Gasteiger partial charge < -0.3 is 24.6 Å². The van der Waals surface area contributed by atoms with Gasteiger partial charge in [0.05, 0.1) is 6.42 Å². The van der Waals surface area contributed by atoms with Gasteiger partial charge in [-0.15, -0.1) is 0 Å². The number of carboxylic acids is 1. The molecule has 0 unspecified atom stereocenters. The highest BCUT2D eigenvalue weighted by molar-refractivity contribution is 5.88. The maximum atomic E-state index is 13.3. The standard InChI is InChI=1S/C34H43NO9/c1-33(2,3)43-28(36)17-15-21(31(39)35-27(32(40)41)16-18-29(37)44-34(4,5)6)19-30(38)42-20-26-24-13-9-7-11-22(24)23-12-8-10-14-25(23)26/h7-14,21,26-27H,15-20H2,1-6H3,(H,35,39)(H,40,41)/t21-,27+/m1/s1. The highest BCUT2D eigenvalue weighted by Crippen LogP contribution is 2.44. The monoisotopic (exact) mass is 609 g/mol. The van der Waals surface area contributed by atoms with Crippen molar-refractivity contribution in [1.82, 2.24) is 5.32 Å². The summed E-state index contributed by atoms with van der Waals surface area (Å²) in [5, 5.41) is 12.1. The Morgan fingerprint density at radius 1 is 0.750 bits per heavy atom. The van der Waals surface area contributed by atoms with E-state index in [4.69, 9.17) is 14.2 Å². The molecule has 10 heteroatoms. The van der Waals surface area contributed by atoms with Gasteiger partial charge in [0.15, 0.2) is 0 Å². The van der Waals surface area contributed by atoms with E-state index in [1.54, 1.807) is 41.5 Å². The number of carbonyl (C=O) groups is 5. The molecule has 1 aliphatic rings. The van der Waals surface area contributed by atoms with Crippen LogP contribution in [0.1, 0.15) is 90.7 Å². The van der Waals surface area contributed by atoms with E-state index >= 15 is 0 Å². The Labute approximate surface area is 258 Å². The molecule has 1 aliphatic carbocycles. The van der Waals surface area contributed by atoms with Crippen LogP contribution in [0.25, 0.3) is 11.1 Å². The third kappa shape index (κ3) is 10.2. The van der Waals surface area contributed by atoms with Gasteiger partial charge in [-0.3, -0.25) is 19.2 Å². The number of hydrogen-bond donors (Lipinski definition) is 2. The largest absolute Gasteiger partial charge is 0.480 e. The molecule has 0 radical (unpaired) electrons. The number of aliphatic carboxylic acids is 1. The van der Waals surface area contributed by atoms with Crippen LogP contribution in [0.15, 0.2) is 48.5 Å². The van der Waals surface area contributed by atoms with Crippen molar-refractivity contribution in [1.29, 1.82) is 0 Å². The molecule has 2 N–H and O–H groups in total. The molecule has 0 fully saturated rings. The van der Waals surface area contributed by atoms with Gasteiger partial charge in [0.25, 0.3) is 0 Å². The fraction of sp³-hybridized carbons (Fsp3) is 0.500. The molecule has 0 saturated heterocycles. The fourth-order valence-corrected chi connectivity index (χ4v) is 5.09. The summed E-state index contributed by atoms with van der Waals surface area (Å²) in [7, 11) is 0. The molecule has 2 aromatic carbocycles. The van der Waals surface area contributed by atoms with E-state index < -0.39 is 52.9 Å². The van der Waals surface area contributed by atoms with Gasteiger partial charge >= 0.3 is 23.9 Å². The average molecular weight is 610 g/mol. The van der Waals surface area contributed by atoms with E-state index in [0.29, 0.717) is 0 Å². The minimum Gasteiger partial charge on any atom is -0.480 e. The summed E-state index contributed by atoms with van der Waals surface area (Å²) in [5.41, 5.74) is 2.74. The summed E-state index contributed by atoms with van der Waals surface area (Å²) in [6.07, 6.45) is -1.04. The summed E-state index contributed by atoms with van der Waals surface area (Å²) in [5.74, 6) is -5.13. The first-order valence-electron chi connectivity index (χ1n) is 14.8. The van der Waals surface area contributed by atoms with Gasteiger partial charge in [0.1, 0.15) is 23.9 Å². The summed E-state index contributed by atoms with van der Waals surface area (Å²) < 4.78 is 16.3. The van der Waals surface area contributed by atoms with Crippen LogP contribution in [0, 0.1) is 5.92 Å². The second kappa shape index (κ2) is 14.5. The smallest absolute Gasteiger partial charge is 0.326 e. The predicted octanol–water partition coefficient (Wildman–Crippen LogP) is 5.16. The Morgan fingerprint density at radius 2 is 1.23 bits per heavy atom. The third-order valence-corrected chi connectivity index (χ3v) is 6.95. The van der Waals surface area contributed by atoms with Crippen LogP contribution in [0.4, 0.5) is 0 Å². The van der Waals surface area contributed by atoms with E-state index in [1.165, 1.54) is 0 Å². The number of carboxylic acid groups (broad SMARTS) is 1. The van der Waals surface area contributed by atoms with Gasteiger partial charge in [-0.2, -0.15) is 0 Å². The zero-order chi connectivity index (χ0) is 32.7. The summed E-state index contributed by atoms with van der Waals surface area (Å²) in [4.78, 5) is 62.9. The SMILES string of the molecule is CC(C)(C)OC(=O)CC[C@H](CC(=O)OCC1c2ccccc2-c2ccccc21)C(=O)N[C@@H](CCC(=O)OC(C)(C)C)C(=O)O. The maximum absolute atomic E-state index is 13.3. The molecule has 2 atom stereocenters. The molecule has 0 spiro atoms. The highest BCUT2D eigenvalue weighted by atomic mass is 16.6. The Balaban J connectivity index is 1.69. The number of nitrogens with one attached hydrogen (secondary N) is 1. The molecule has 238 valence electrons. The van der Waals surface area contributed by atoms with Crippen LogP contribution < -0.4 is 5.32 Å². The molecule has 0 saturated carbocycles. The van der Waals surface area contributed by atoms with Crippen LogP contribution in [-0.4, -0.2) is 58.7 Å². The molecule has 1 amide bonds. The molecule has 44 heavy (non-hydrogen) atoms. The molecule has 0 heterocycles. The van der Waals surface area contributed by atoms with Crippen molar-refractivity contribution in [2.75, 3.05) is 6.61 Å². The Morgan fingerprint density at radius 3 is 1.70 bits per heavy atom. The third-order valence-electron chi connectivity index (χ3n) is 6.95. The quantitative estimate of drug-likeness (QED) is 0.232. The lowest BCUT2D eigenvalue weighted by molar-refractivity contribution is -0.157. The first kappa shape index (κ1) is 34.3. The minimum atomic E-state index is -1.40. The second-order valence-corrected chi connectivity index (χ2v) is 13.0. The molecule has 0 aromatic heterocycles. The van der Waals surface area contributed by atoms with Crippen LogP contribution in [0.5, 0.6) is 0 Å². The van der Waals surface area contributed by atoms with Gasteiger partial charge in [0.2, 0.25) is 5.91 Å². The van der Waals surface area contributed by atoms with Gasteiger partial charge in [0, 0.05) is 24.7 Å². The number of ether oxygens (including phenoxy) is 3. The molecule has 2 aromatic rings. The number of rotatable bonds is 13. The van der Waals surface area contributed by atoms with Crippen LogP contribution in [-0.2, 0) is 38.2 Å². The van der Waals surface area contributed by atoms with Crippen LogP contribution >= 0.6 is 0 Å². The van der Waals surface area contributed by atoms with Crippen molar-refractivity contribution in [3.63, 3.8) is 0 Å². The van der Waals surface area contributed by atoms with E-state index in [-0.39, 0.29) is 44.6 Å². The van der Waals surface area contributed by atoms with Gasteiger partial charge in [-0.25, -0.2) is 4.79 Å². The van der Waals surface area contributed by atoms with Crippen molar-refractivity contribution in [3.05, 3.63) is 59.7 Å². The lowest BCUT2D eigenvalue weighted by Crippen LogP contribution is -2.44. The topological polar surface area (TPSA) is 145 Å². The molecular weight excluding hydrogens is 566 g/mol. The minimum absolute atomic E-state index is 0.0565. The summed E-state index contributed by atoms with van der Waals surface area (Å²) >= 11 is 0. The first-order valence-corrected chi connectivity index (χ1v) is 14.8. The number of amides is 1. The van der Waals surface area contributed by atoms with Gasteiger partial charge in [-0.1, -0.05) is 48.5 Å². The summed E-state index contributed by atoms with van der Waals surface area (Å²) in [6, 6.07) is 14.4. The Kier molecular flexibility index (Phi) is 11.3. The zero-order valence-electron chi connectivity index (χ0n) is 26.3. The number of benzene rings is 2. The van der Waals surface area contributed by atoms with Crippen molar-refractivity contribution < 1.29 is 43.3 Å². The van der Waals surface area contributed by atoms with E-state index in [0.717, 1.165) is 22.3 Å². The maximum Gasteiger partial charge on any atom is 0.326 e. The Bertz CT molecular complexity index is 1320. The van der Waals surface area contributed by atoms with E-state index in [2.05, 4.69) is 5.32 Å². The van der Waals surface area contributed by atoms with Crippen molar-refractivity contribution >= 4 is 29.8 Å². The number of hydrogen-bond acceptors (Lipinski definition) is 8. The number of esters is 3. The van der Waals surface area contributed by atoms with Crippen molar-refractivity contribution in [3.8, 4) is 11.1 Å². The molecule has 10 nitrogen and oxygen atoms in total. The van der Waals surface area contributed by atoms with Crippen LogP contribution in [0.3, 0.4) is 0 Å². The summed E-state index contributed by atoms with van der Waals surface area (Å²) in [6.45, 7) is 10.3. The lowest BCUT2D eigenvalue weighted by Gasteiger charge is -2.23. The number of fused-ring (bicyclic) bond motifs is 3. The molecule has 0 aliphatic heterocycles. The average Bonchev–Trinajstić information content (AvgIpc) is 3.23. The first-order chi connectivity index (χ1) is 20.5. The highest BCUT2D eigenvalue weighted by Gasteiger charge is 2.32. The molecule has 3 rings (SSSR count). The van der Waals surface area contributed by atoms with Gasteiger partial charge in [-0.05, 0) is 76.6 Å². The normalized spacial score (nSPS) is 14.0. The zero-order valence-corrected chi connectivity index (χ0v) is 26.3. The fourth-order valence-electron chi connectivity index (χ4n) is 5.09. The molecule has 0 bridgehead atoms. The molecular formula is C34H43NO9.